The molecule has 0 aromatic rings. The largest absolute Gasteiger partial charge is 2.00 e. The fourth-order valence-electron chi connectivity index (χ4n) is 0.0833. The third-order valence-electron chi connectivity index (χ3n) is 0.757. The van der Waals surface area contributed by atoms with Crippen molar-refractivity contribution in [3.05, 3.63) is 0 Å². The molecule has 0 bridgehead atoms. The second-order valence-corrected chi connectivity index (χ2v) is 1.31. The Bertz CT molecular complexity index is 56.5. The van der Waals surface area contributed by atoms with Gasteiger partial charge in [0, 0.05) is 21.1 Å². The molecule has 0 heterocycles. The molecule has 1 N–H and O–H groups in total. The summed E-state index contributed by atoms with van der Waals surface area (Å²) in [5, 5.41) is 8.69. The molecule has 4 heteroatoms. The van der Waals surface area contributed by atoms with Gasteiger partial charge in [0.25, 0.3) is 5.97 Å². The molecule has 0 saturated carbocycles. The molecule has 0 amide bonds. The maximum atomic E-state index is 8.69. The third kappa shape index (κ3) is 4.80. The van der Waals surface area contributed by atoms with E-state index in [2.05, 4.69) is 9.47 Å². The molecule has 0 spiro atoms. The van der Waals surface area contributed by atoms with E-state index in [0.29, 0.717) is 0 Å². The minimum absolute atomic E-state index is 0. The van der Waals surface area contributed by atoms with Gasteiger partial charge in [-0.15, -0.1) is 0 Å². The molecule has 0 aliphatic carbocycles. The van der Waals surface area contributed by atoms with Gasteiger partial charge in [-0.2, -0.15) is 0 Å². The molecule has 0 aromatic heterocycles. The van der Waals surface area contributed by atoms with Gasteiger partial charge in [-0.3, -0.25) is 0 Å². The smallest absolute Gasteiger partial charge is 1.00 e. The van der Waals surface area contributed by atoms with Crippen LogP contribution in [-0.2, 0) is 9.47 Å². The molecule has 0 atom stereocenters. The summed E-state index contributed by atoms with van der Waals surface area (Å²) in [6.07, 6.45) is 0. The van der Waals surface area contributed by atoms with Crippen molar-refractivity contribution in [1.29, 1.82) is 0 Å². The van der Waals surface area contributed by atoms with Crippen molar-refractivity contribution in [2.24, 2.45) is 0 Å². The molecule has 0 radical (unpaired) electrons. The molecule has 0 aliphatic rings. The molecular formula is C4H12MgO3. The van der Waals surface area contributed by atoms with Crippen LogP contribution in [0.25, 0.3) is 0 Å². The number of ether oxygens (including phenoxy) is 2. The molecule has 3 nitrogen and oxygen atoms in total. The maximum Gasteiger partial charge on any atom is 2.00 e. The first-order valence-electron chi connectivity index (χ1n) is 1.95. The zero-order chi connectivity index (χ0) is 5.91. The van der Waals surface area contributed by atoms with Gasteiger partial charge >= 0.3 is 23.1 Å². The van der Waals surface area contributed by atoms with Crippen LogP contribution in [-0.4, -0.2) is 48.4 Å². The number of rotatable bonds is 2. The Hall–Kier alpha value is 0.646. The first-order chi connectivity index (χ1) is 3.12. The Morgan fingerprint density at radius 3 is 1.62 bits per heavy atom. The maximum absolute atomic E-state index is 8.69. The normalized spacial score (nSPS) is 10.5. The quantitative estimate of drug-likeness (QED) is 0.417. The minimum atomic E-state index is -1.42. The van der Waals surface area contributed by atoms with Gasteiger partial charge in [-0.05, 0) is 0 Å². The van der Waals surface area contributed by atoms with E-state index < -0.39 is 5.97 Å². The predicted molar refractivity (Wildman–Crippen MR) is 32.6 cm³/mol. The zero-order valence-electron chi connectivity index (χ0n) is 7.47. The summed E-state index contributed by atoms with van der Waals surface area (Å²) in [6.45, 7) is 1.41. The number of aliphatic hydroxyl groups is 1. The Morgan fingerprint density at radius 1 is 1.38 bits per heavy atom. The molecule has 8 heavy (non-hydrogen) atoms. The molecule has 0 unspecified atom stereocenters. The van der Waals surface area contributed by atoms with Gasteiger partial charge < -0.3 is 17.4 Å². The van der Waals surface area contributed by atoms with E-state index in [4.69, 9.17) is 5.11 Å². The summed E-state index contributed by atoms with van der Waals surface area (Å²) in [4.78, 5) is 0. The van der Waals surface area contributed by atoms with E-state index in [1.165, 1.54) is 21.1 Å². The summed E-state index contributed by atoms with van der Waals surface area (Å²) >= 11 is 0. The SMILES string of the molecule is COC(C)(O)OC.[H-].[H-].[Mg+2]. The monoisotopic (exact) mass is 132 g/mol. The van der Waals surface area contributed by atoms with Crippen LogP contribution in [0, 0.1) is 0 Å². The Morgan fingerprint density at radius 2 is 1.62 bits per heavy atom. The van der Waals surface area contributed by atoms with Crippen LogP contribution in [0.5, 0.6) is 0 Å². The fraction of sp³-hybridized carbons (Fsp3) is 1.00. The van der Waals surface area contributed by atoms with Gasteiger partial charge in [-0.25, -0.2) is 0 Å². The molecule has 0 fully saturated rings. The first kappa shape index (κ1) is 11.4. The summed E-state index contributed by atoms with van der Waals surface area (Å²) in [7, 11) is 2.73. The van der Waals surface area contributed by atoms with Crippen LogP contribution in [0.2, 0.25) is 0 Å². The zero-order valence-corrected chi connectivity index (χ0v) is 6.89. The summed E-state index contributed by atoms with van der Waals surface area (Å²) in [6, 6.07) is 0. The van der Waals surface area contributed by atoms with E-state index in [-0.39, 0.29) is 25.9 Å². The average molecular weight is 132 g/mol. The Labute approximate surface area is 68.1 Å². The first-order valence-corrected chi connectivity index (χ1v) is 1.95. The second-order valence-electron chi connectivity index (χ2n) is 1.31. The van der Waals surface area contributed by atoms with E-state index in [1.54, 1.807) is 0 Å². The van der Waals surface area contributed by atoms with E-state index >= 15 is 0 Å². The van der Waals surface area contributed by atoms with E-state index in [1.807, 2.05) is 0 Å². The second kappa shape index (κ2) is 4.52. The van der Waals surface area contributed by atoms with Crippen LogP contribution in [0.15, 0.2) is 0 Å². The Kier molecular flexibility index (Phi) is 6.46. The third-order valence-corrected chi connectivity index (χ3v) is 0.757. The molecule has 0 aromatic carbocycles. The van der Waals surface area contributed by atoms with E-state index in [0.717, 1.165) is 0 Å². The van der Waals surface area contributed by atoms with Crippen LogP contribution >= 0.6 is 0 Å². The standard InChI is InChI=1S/C4H10O3.Mg.2H/c1-4(5,6-2)7-3;;;/h5H,1-3H3;;;/q;+2;2*-1. The van der Waals surface area contributed by atoms with Gasteiger partial charge in [0.05, 0.1) is 0 Å². The number of hydrogen-bond donors (Lipinski definition) is 1. The van der Waals surface area contributed by atoms with Crippen LogP contribution in [0.1, 0.15) is 9.78 Å². The van der Waals surface area contributed by atoms with Gasteiger partial charge in [0.1, 0.15) is 0 Å². The van der Waals surface area contributed by atoms with Crippen molar-refractivity contribution >= 4 is 23.1 Å². The van der Waals surface area contributed by atoms with Gasteiger partial charge in [-0.1, -0.05) is 0 Å². The molecular weight excluding hydrogens is 120 g/mol. The Balaban J connectivity index is -0.0000000600. The fourth-order valence-corrected chi connectivity index (χ4v) is 0.0833. The molecule has 48 valence electrons. The average Bonchev–Trinajstić information content (AvgIpc) is 1.68. The van der Waals surface area contributed by atoms with Crippen molar-refractivity contribution in [3.63, 3.8) is 0 Å². The molecule has 0 rings (SSSR count). The van der Waals surface area contributed by atoms with Crippen molar-refractivity contribution in [2.45, 2.75) is 12.9 Å². The van der Waals surface area contributed by atoms with Crippen molar-refractivity contribution in [2.75, 3.05) is 14.2 Å². The molecule has 0 saturated heterocycles. The summed E-state index contributed by atoms with van der Waals surface area (Å²) in [5.74, 6) is -1.42. The van der Waals surface area contributed by atoms with Crippen molar-refractivity contribution in [1.82, 2.24) is 0 Å². The van der Waals surface area contributed by atoms with Crippen molar-refractivity contribution in [3.8, 4) is 0 Å². The topological polar surface area (TPSA) is 38.7 Å². The summed E-state index contributed by atoms with van der Waals surface area (Å²) in [5.41, 5.74) is 0. The predicted octanol–water partition coefficient (Wildman–Crippen LogP) is -0.211. The van der Waals surface area contributed by atoms with Crippen LogP contribution in [0.3, 0.4) is 0 Å². The minimum Gasteiger partial charge on any atom is -1.00 e. The molecule has 0 aliphatic heterocycles. The van der Waals surface area contributed by atoms with Crippen molar-refractivity contribution < 1.29 is 17.4 Å². The van der Waals surface area contributed by atoms with Gasteiger partial charge in [0.15, 0.2) is 0 Å². The van der Waals surface area contributed by atoms with E-state index in [9.17, 15) is 0 Å². The van der Waals surface area contributed by atoms with Gasteiger partial charge in [0.2, 0.25) is 0 Å². The van der Waals surface area contributed by atoms with Crippen LogP contribution < -0.4 is 0 Å². The number of methoxy groups -OCH3 is 2. The number of hydrogen-bond acceptors (Lipinski definition) is 3. The van der Waals surface area contributed by atoms with Crippen LogP contribution in [0.4, 0.5) is 0 Å². The summed E-state index contributed by atoms with van der Waals surface area (Å²) < 4.78 is 8.84.